The minimum Gasteiger partial charge on any atom is -0.363 e. The molecule has 1 unspecified atom stereocenters. The maximum Gasteiger partial charge on any atom is 0.256 e. The van der Waals surface area contributed by atoms with Gasteiger partial charge in [0.25, 0.3) is 11.8 Å². The Morgan fingerprint density at radius 1 is 1.28 bits per heavy atom. The summed E-state index contributed by atoms with van der Waals surface area (Å²) in [6.07, 6.45) is 1.38. The Labute approximate surface area is 105 Å². The number of amides is 2. The molecular weight excluding hydrogens is 230 g/mol. The van der Waals surface area contributed by atoms with E-state index in [4.69, 9.17) is 4.74 Å². The van der Waals surface area contributed by atoms with Gasteiger partial charge in [-0.1, -0.05) is 30.3 Å². The number of hydrogen-bond acceptors (Lipinski definition) is 3. The fourth-order valence-corrected chi connectivity index (χ4v) is 2.22. The molecule has 92 valence electrons. The number of rotatable bonds is 3. The van der Waals surface area contributed by atoms with Gasteiger partial charge in [-0.2, -0.15) is 0 Å². The molecule has 4 nitrogen and oxygen atoms in total. The summed E-state index contributed by atoms with van der Waals surface area (Å²) in [5.74, 6) is -0.464. The average Bonchev–Trinajstić information content (AvgIpc) is 3.12. The van der Waals surface area contributed by atoms with E-state index in [1.807, 2.05) is 30.3 Å². The SMILES string of the molecule is CC1=CC(=O)N(CC2(c3ccccc3)CO2)C1=O. The van der Waals surface area contributed by atoms with E-state index in [0.29, 0.717) is 18.7 Å². The summed E-state index contributed by atoms with van der Waals surface area (Å²) in [6, 6.07) is 9.69. The molecule has 0 spiro atoms. The number of imide groups is 1. The summed E-state index contributed by atoms with van der Waals surface area (Å²) >= 11 is 0. The van der Waals surface area contributed by atoms with Crippen LogP contribution in [0.15, 0.2) is 42.0 Å². The van der Waals surface area contributed by atoms with Crippen LogP contribution in [-0.4, -0.2) is 29.9 Å². The van der Waals surface area contributed by atoms with Crippen LogP contribution >= 0.6 is 0 Å². The molecule has 0 aliphatic carbocycles. The number of epoxide rings is 1. The molecule has 4 heteroatoms. The first-order valence-corrected chi connectivity index (χ1v) is 5.86. The Morgan fingerprint density at radius 2 is 1.94 bits per heavy atom. The lowest BCUT2D eigenvalue weighted by Crippen LogP contribution is -2.38. The molecule has 1 aromatic carbocycles. The van der Waals surface area contributed by atoms with Gasteiger partial charge >= 0.3 is 0 Å². The third-order valence-electron chi connectivity index (χ3n) is 3.39. The second-order valence-corrected chi connectivity index (χ2v) is 4.71. The van der Waals surface area contributed by atoms with Crippen molar-refractivity contribution in [1.82, 2.24) is 4.90 Å². The van der Waals surface area contributed by atoms with Crippen LogP contribution in [0.5, 0.6) is 0 Å². The van der Waals surface area contributed by atoms with E-state index in [-0.39, 0.29) is 11.8 Å². The van der Waals surface area contributed by atoms with Crippen LogP contribution < -0.4 is 0 Å². The van der Waals surface area contributed by atoms with Gasteiger partial charge in [-0.25, -0.2) is 0 Å². The lowest BCUT2D eigenvalue weighted by atomic mass is 9.99. The minimum atomic E-state index is -0.495. The van der Waals surface area contributed by atoms with Crippen LogP contribution in [0, 0.1) is 0 Å². The molecule has 0 N–H and O–H groups in total. The Bertz CT molecular complexity index is 543. The van der Waals surface area contributed by atoms with Gasteiger partial charge in [0.05, 0.1) is 13.2 Å². The standard InChI is InChI=1S/C14H13NO3/c1-10-7-12(16)15(13(10)17)8-14(9-18-14)11-5-3-2-4-6-11/h2-7H,8-9H2,1H3. The van der Waals surface area contributed by atoms with E-state index >= 15 is 0 Å². The Balaban J connectivity index is 1.82. The summed E-state index contributed by atoms with van der Waals surface area (Å²) in [7, 11) is 0. The average molecular weight is 243 g/mol. The highest BCUT2D eigenvalue weighted by molar-refractivity contribution is 6.15. The molecule has 18 heavy (non-hydrogen) atoms. The first-order valence-electron chi connectivity index (χ1n) is 5.86. The first-order chi connectivity index (χ1) is 8.62. The van der Waals surface area contributed by atoms with Gasteiger partial charge in [0, 0.05) is 11.6 Å². The highest BCUT2D eigenvalue weighted by Gasteiger charge is 2.50. The van der Waals surface area contributed by atoms with Gasteiger partial charge < -0.3 is 4.74 Å². The summed E-state index contributed by atoms with van der Waals surface area (Å²) in [6.45, 7) is 2.50. The predicted molar refractivity (Wildman–Crippen MR) is 64.5 cm³/mol. The van der Waals surface area contributed by atoms with E-state index in [0.717, 1.165) is 5.56 Å². The molecule has 2 aliphatic heterocycles. The minimum absolute atomic E-state index is 0.217. The molecule has 2 aliphatic rings. The molecule has 1 fully saturated rings. The molecule has 0 bridgehead atoms. The van der Waals surface area contributed by atoms with E-state index < -0.39 is 5.60 Å². The van der Waals surface area contributed by atoms with Crippen molar-refractivity contribution in [3.8, 4) is 0 Å². The normalized spacial score (nSPS) is 26.5. The van der Waals surface area contributed by atoms with Crippen LogP contribution in [-0.2, 0) is 19.9 Å². The van der Waals surface area contributed by atoms with Crippen molar-refractivity contribution in [2.24, 2.45) is 0 Å². The highest BCUT2D eigenvalue weighted by Crippen LogP contribution is 2.40. The molecular formula is C14H13NO3. The van der Waals surface area contributed by atoms with Crippen molar-refractivity contribution in [3.05, 3.63) is 47.5 Å². The van der Waals surface area contributed by atoms with Gasteiger partial charge in [-0.3, -0.25) is 14.5 Å². The molecule has 0 aromatic heterocycles. The van der Waals surface area contributed by atoms with Crippen LogP contribution in [0.2, 0.25) is 0 Å². The number of benzene rings is 1. The zero-order chi connectivity index (χ0) is 12.8. The second-order valence-electron chi connectivity index (χ2n) is 4.71. The van der Waals surface area contributed by atoms with Gasteiger partial charge in [0.15, 0.2) is 0 Å². The van der Waals surface area contributed by atoms with Crippen molar-refractivity contribution in [3.63, 3.8) is 0 Å². The van der Waals surface area contributed by atoms with Crippen molar-refractivity contribution in [2.75, 3.05) is 13.2 Å². The largest absolute Gasteiger partial charge is 0.363 e. The molecule has 2 heterocycles. The van der Waals surface area contributed by atoms with Crippen molar-refractivity contribution in [2.45, 2.75) is 12.5 Å². The van der Waals surface area contributed by atoms with Crippen LogP contribution in [0.3, 0.4) is 0 Å². The number of ether oxygens (including phenoxy) is 1. The molecule has 1 atom stereocenters. The van der Waals surface area contributed by atoms with E-state index in [9.17, 15) is 9.59 Å². The smallest absolute Gasteiger partial charge is 0.256 e. The number of carbonyl (C=O) groups is 2. The molecule has 1 aromatic rings. The quantitative estimate of drug-likeness (QED) is 0.592. The van der Waals surface area contributed by atoms with Crippen LogP contribution in [0.25, 0.3) is 0 Å². The number of nitrogens with zero attached hydrogens (tertiary/aromatic N) is 1. The maximum atomic E-state index is 11.8. The molecule has 3 rings (SSSR count). The summed E-state index contributed by atoms with van der Waals surface area (Å²) in [4.78, 5) is 24.8. The first kappa shape index (κ1) is 11.2. The zero-order valence-corrected chi connectivity index (χ0v) is 10.1. The van der Waals surface area contributed by atoms with E-state index in [1.54, 1.807) is 6.92 Å². The molecule has 0 saturated carbocycles. The van der Waals surface area contributed by atoms with Gasteiger partial charge in [0.2, 0.25) is 0 Å². The van der Waals surface area contributed by atoms with E-state index in [2.05, 4.69) is 0 Å². The third-order valence-corrected chi connectivity index (χ3v) is 3.39. The third kappa shape index (κ3) is 1.66. The van der Waals surface area contributed by atoms with Crippen molar-refractivity contribution in [1.29, 1.82) is 0 Å². The van der Waals surface area contributed by atoms with Gasteiger partial charge in [-0.15, -0.1) is 0 Å². The number of carbonyl (C=O) groups excluding carboxylic acids is 2. The van der Waals surface area contributed by atoms with E-state index in [1.165, 1.54) is 11.0 Å². The predicted octanol–water partition coefficient (Wildman–Crippen LogP) is 1.23. The second kappa shape index (κ2) is 3.78. The lowest BCUT2D eigenvalue weighted by molar-refractivity contribution is -0.138. The van der Waals surface area contributed by atoms with Gasteiger partial charge in [0.1, 0.15) is 5.60 Å². The Kier molecular flexibility index (Phi) is 2.35. The van der Waals surface area contributed by atoms with Crippen LogP contribution in [0.4, 0.5) is 0 Å². The zero-order valence-electron chi connectivity index (χ0n) is 10.1. The molecule has 0 radical (unpaired) electrons. The molecule has 2 amide bonds. The monoisotopic (exact) mass is 243 g/mol. The summed E-state index contributed by atoms with van der Waals surface area (Å²) in [5, 5.41) is 0. The van der Waals surface area contributed by atoms with Crippen molar-refractivity contribution < 1.29 is 14.3 Å². The topological polar surface area (TPSA) is 49.9 Å². The fraction of sp³-hybridized carbons (Fsp3) is 0.286. The Hall–Kier alpha value is -1.94. The van der Waals surface area contributed by atoms with Gasteiger partial charge in [-0.05, 0) is 12.5 Å². The lowest BCUT2D eigenvalue weighted by Gasteiger charge is -2.20. The highest BCUT2D eigenvalue weighted by atomic mass is 16.6. The van der Waals surface area contributed by atoms with Crippen molar-refractivity contribution >= 4 is 11.8 Å². The number of hydrogen-bond donors (Lipinski definition) is 0. The Morgan fingerprint density at radius 3 is 2.44 bits per heavy atom. The molecule has 1 saturated heterocycles. The summed E-state index contributed by atoms with van der Waals surface area (Å²) < 4.78 is 5.51. The maximum absolute atomic E-state index is 11.8. The fourth-order valence-electron chi connectivity index (χ4n) is 2.22. The summed E-state index contributed by atoms with van der Waals surface area (Å²) in [5.41, 5.74) is 1.00. The van der Waals surface area contributed by atoms with Crippen LogP contribution in [0.1, 0.15) is 12.5 Å².